The molecule has 1 aromatic carbocycles. The number of benzene rings is 1. The van der Waals surface area contributed by atoms with Crippen LogP contribution in [0.25, 0.3) is 0 Å². The van der Waals surface area contributed by atoms with E-state index in [4.69, 9.17) is 4.52 Å². The van der Waals surface area contributed by atoms with Crippen LogP contribution in [0.4, 0.5) is 0 Å². The lowest BCUT2D eigenvalue weighted by atomic mass is 10.2. The van der Waals surface area contributed by atoms with E-state index in [0.29, 0.717) is 30.8 Å². The van der Waals surface area contributed by atoms with Crippen molar-refractivity contribution in [3.63, 3.8) is 0 Å². The predicted molar refractivity (Wildman–Crippen MR) is 104 cm³/mol. The molecule has 0 spiro atoms. The van der Waals surface area contributed by atoms with Crippen LogP contribution in [0.5, 0.6) is 0 Å². The Bertz CT molecular complexity index is 637. The standard InChI is InChI=1S/C17H23N5O.HI/c1-13-20-16(23-22-13)12-19-17(21-15-9-5-6-10-15)18-11-14-7-3-2-4-8-14;/h2-4,7-8,15H,5-6,9-12H2,1H3,(H2,18,19,21);1H. The molecule has 1 aromatic heterocycles. The van der Waals surface area contributed by atoms with Crippen LogP contribution < -0.4 is 10.6 Å². The first-order valence-corrected chi connectivity index (χ1v) is 8.17. The van der Waals surface area contributed by atoms with Crippen LogP contribution in [0.3, 0.4) is 0 Å². The number of aliphatic imine (C=N–C) groups is 1. The maximum Gasteiger partial charge on any atom is 0.246 e. The fourth-order valence-corrected chi connectivity index (χ4v) is 2.74. The highest BCUT2D eigenvalue weighted by atomic mass is 127. The van der Waals surface area contributed by atoms with Crippen molar-refractivity contribution in [3.05, 3.63) is 47.6 Å². The van der Waals surface area contributed by atoms with E-state index in [1.807, 2.05) is 25.1 Å². The van der Waals surface area contributed by atoms with E-state index in [-0.39, 0.29) is 24.0 Å². The lowest BCUT2D eigenvalue weighted by Crippen LogP contribution is -2.42. The summed E-state index contributed by atoms with van der Waals surface area (Å²) in [6, 6.07) is 10.7. The minimum absolute atomic E-state index is 0. The third-order valence-corrected chi connectivity index (χ3v) is 3.94. The van der Waals surface area contributed by atoms with Gasteiger partial charge in [-0.2, -0.15) is 4.98 Å². The molecule has 1 fully saturated rings. The molecule has 0 unspecified atom stereocenters. The molecule has 7 heteroatoms. The van der Waals surface area contributed by atoms with Gasteiger partial charge < -0.3 is 15.2 Å². The molecule has 1 aliphatic rings. The summed E-state index contributed by atoms with van der Waals surface area (Å²) in [5.41, 5.74) is 1.19. The molecule has 130 valence electrons. The minimum atomic E-state index is 0. The van der Waals surface area contributed by atoms with E-state index in [9.17, 15) is 0 Å². The second-order valence-corrected chi connectivity index (χ2v) is 5.87. The third-order valence-electron chi connectivity index (χ3n) is 3.94. The number of halogens is 1. The van der Waals surface area contributed by atoms with Gasteiger partial charge in [0.1, 0.15) is 0 Å². The number of guanidine groups is 1. The van der Waals surface area contributed by atoms with Crippen LogP contribution in [-0.2, 0) is 13.1 Å². The van der Waals surface area contributed by atoms with Crippen molar-refractivity contribution < 1.29 is 4.52 Å². The molecule has 1 heterocycles. The summed E-state index contributed by atoms with van der Waals surface area (Å²) in [5.74, 6) is 2.02. The molecule has 0 atom stereocenters. The van der Waals surface area contributed by atoms with Gasteiger partial charge >= 0.3 is 0 Å². The van der Waals surface area contributed by atoms with Gasteiger partial charge in [0.05, 0.1) is 13.1 Å². The maximum atomic E-state index is 5.14. The molecule has 0 bridgehead atoms. The fourth-order valence-electron chi connectivity index (χ4n) is 2.74. The first-order chi connectivity index (χ1) is 11.3. The van der Waals surface area contributed by atoms with Gasteiger partial charge in [0.15, 0.2) is 11.8 Å². The molecular formula is C17H24IN5O. The van der Waals surface area contributed by atoms with Crippen molar-refractivity contribution >= 4 is 29.9 Å². The Morgan fingerprint density at radius 2 is 2.00 bits per heavy atom. The van der Waals surface area contributed by atoms with Crippen LogP contribution in [0.2, 0.25) is 0 Å². The third kappa shape index (κ3) is 5.77. The van der Waals surface area contributed by atoms with Gasteiger partial charge in [-0.05, 0) is 25.3 Å². The normalized spacial score (nSPS) is 15.1. The molecule has 0 aliphatic heterocycles. The number of rotatable bonds is 5. The average Bonchev–Trinajstić information content (AvgIpc) is 3.22. The lowest BCUT2D eigenvalue weighted by molar-refractivity contribution is 0.371. The molecule has 2 N–H and O–H groups in total. The van der Waals surface area contributed by atoms with Crippen LogP contribution in [0.15, 0.2) is 39.8 Å². The Balaban J connectivity index is 0.00000208. The summed E-state index contributed by atoms with van der Waals surface area (Å²) in [6.07, 6.45) is 4.97. The van der Waals surface area contributed by atoms with E-state index in [2.05, 4.69) is 37.9 Å². The molecule has 0 saturated heterocycles. The number of hydrogen-bond donors (Lipinski definition) is 2. The fraction of sp³-hybridized carbons (Fsp3) is 0.471. The number of nitrogens with zero attached hydrogens (tertiary/aromatic N) is 3. The van der Waals surface area contributed by atoms with Crippen molar-refractivity contribution in [2.45, 2.75) is 51.7 Å². The van der Waals surface area contributed by atoms with Gasteiger partial charge in [0, 0.05) is 6.04 Å². The predicted octanol–water partition coefficient (Wildman–Crippen LogP) is 3.17. The zero-order valence-corrected chi connectivity index (χ0v) is 16.2. The molecule has 0 radical (unpaired) electrons. The van der Waals surface area contributed by atoms with Crippen LogP contribution >= 0.6 is 24.0 Å². The largest absolute Gasteiger partial charge is 0.354 e. The van der Waals surface area contributed by atoms with E-state index in [1.165, 1.54) is 31.2 Å². The molecule has 24 heavy (non-hydrogen) atoms. The highest BCUT2D eigenvalue weighted by Gasteiger charge is 2.16. The first-order valence-electron chi connectivity index (χ1n) is 8.17. The van der Waals surface area contributed by atoms with Gasteiger partial charge in [-0.3, -0.25) is 0 Å². The first kappa shape index (κ1) is 18.7. The van der Waals surface area contributed by atoms with Crippen molar-refractivity contribution in [3.8, 4) is 0 Å². The zero-order valence-electron chi connectivity index (χ0n) is 13.9. The van der Waals surface area contributed by atoms with Crippen LogP contribution in [-0.4, -0.2) is 22.1 Å². The van der Waals surface area contributed by atoms with E-state index in [0.717, 1.165) is 5.96 Å². The van der Waals surface area contributed by atoms with Crippen LogP contribution in [0, 0.1) is 6.92 Å². The smallest absolute Gasteiger partial charge is 0.246 e. The quantitative estimate of drug-likeness (QED) is 0.424. The summed E-state index contributed by atoms with van der Waals surface area (Å²) in [6.45, 7) is 2.94. The van der Waals surface area contributed by atoms with Crippen molar-refractivity contribution in [2.24, 2.45) is 4.99 Å². The molecule has 2 aromatic rings. The summed E-state index contributed by atoms with van der Waals surface area (Å²) in [5, 5.41) is 10.6. The van der Waals surface area contributed by atoms with Crippen molar-refractivity contribution in [1.29, 1.82) is 0 Å². The van der Waals surface area contributed by atoms with Gasteiger partial charge in [-0.15, -0.1) is 24.0 Å². The number of aromatic nitrogens is 2. The molecular weight excluding hydrogens is 417 g/mol. The highest BCUT2D eigenvalue weighted by Crippen LogP contribution is 2.17. The van der Waals surface area contributed by atoms with E-state index in [1.54, 1.807) is 0 Å². The Kier molecular flexibility index (Phi) is 7.48. The summed E-state index contributed by atoms with van der Waals surface area (Å²) in [4.78, 5) is 8.89. The second kappa shape index (κ2) is 9.61. The Hall–Kier alpha value is -1.64. The van der Waals surface area contributed by atoms with Crippen LogP contribution in [0.1, 0.15) is 43.0 Å². The van der Waals surface area contributed by atoms with E-state index >= 15 is 0 Å². The van der Waals surface area contributed by atoms with Gasteiger partial charge in [-0.25, -0.2) is 4.99 Å². The van der Waals surface area contributed by atoms with Gasteiger partial charge in [-0.1, -0.05) is 48.3 Å². The Labute approximate surface area is 159 Å². The monoisotopic (exact) mass is 441 g/mol. The second-order valence-electron chi connectivity index (χ2n) is 5.87. The Morgan fingerprint density at radius 1 is 1.25 bits per heavy atom. The molecule has 1 aliphatic carbocycles. The number of hydrogen-bond acceptors (Lipinski definition) is 4. The van der Waals surface area contributed by atoms with Crippen molar-refractivity contribution in [1.82, 2.24) is 20.8 Å². The average molecular weight is 441 g/mol. The number of nitrogens with one attached hydrogen (secondary N) is 2. The van der Waals surface area contributed by atoms with Gasteiger partial charge in [0.25, 0.3) is 0 Å². The summed E-state index contributed by atoms with van der Waals surface area (Å²) in [7, 11) is 0. The summed E-state index contributed by atoms with van der Waals surface area (Å²) < 4.78 is 5.14. The zero-order chi connectivity index (χ0) is 15.9. The molecule has 1 saturated carbocycles. The summed E-state index contributed by atoms with van der Waals surface area (Å²) >= 11 is 0. The van der Waals surface area contributed by atoms with Gasteiger partial charge in [0.2, 0.25) is 5.89 Å². The topological polar surface area (TPSA) is 75.3 Å². The Morgan fingerprint density at radius 3 is 2.67 bits per heavy atom. The molecule has 6 nitrogen and oxygen atoms in total. The number of aryl methyl sites for hydroxylation is 1. The minimum Gasteiger partial charge on any atom is -0.354 e. The molecule has 0 amide bonds. The highest BCUT2D eigenvalue weighted by molar-refractivity contribution is 14.0. The maximum absolute atomic E-state index is 5.14. The SMILES string of the molecule is Cc1noc(CNC(=NCc2ccccc2)NC2CCCC2)n1.I. The lowest BCUT2D eigenvalue weighted by Gasteiger charge is -2.16. The van der Waals surface area contributed by atoms with Crippen molar-refractivity contribution in [2.75, 3.05) is 0 Å². The molecule has 3 rings (SSSR count). The van der Waals surface area contributed by atoms with E-state index < -0.39 is 0 Å².